The molecule has 0 aliphatic carbocycles. The van der Waals surface area contributed by atoms with Crippen LogP contribution in [0.25, 0.3) is 0 Å². The number of hydrogen-bond acceptors (Lipinski definition) is 3. The molecule has 0 aliphatic rings. The first-order chi connectivity index (χ1) is 11.8. The average molecular weight is 402 g/mol. The van der Waals surface area contributed by atoms with Crippen molar-refractivity contribution in [2.75, 3.05) is 6.61 Å². The van der Waals surface area contributed by atoms with Gasteiger partial charge < -0.3 is 4.74 Å². The number of nitrogens with one attached hydrogen (secondary N) is 1. The summed E-state index contributed by atoms with van der Waals surface area (Å²) in [4.78, 5) is 12.4. The fourth-order valence-electron chi connectivity index (χ4n) is 2.24. The maximum atomic E-state index is 13.6. The Labute approximate surface area is 158 Å². The Morgan fingerprint density at radius 1 is 1.12 bits per heavy atom. The molecule has 0 radical (unpaired) electrons. The quantitative estimate of drug-likeness (QED) is 0.401. The molecule has 0 fully saturated rings. The van der Waals surface area contributed by atoms with Crippen molar-refractivity contribution in [2.45, 2.75) is 90.6 Å². The molecule has 8 heteroatoms. The monoisotopic (exact) mass is 401 g/mol. The number of alkyl halides is 3. The molecule has 26 heavy (non-hydrogen) atoms. The summed E-state index contributed by atoms with van der Waals surface area (Å²) in [6.07, 6.45) is -1.57. The van der Waals surface area contributed by atoms with Gasteiger partial charge in [0, 0.05) is 0 Å². The third-order valence-electron chi connectivity index (χ3n) is 3.78. The van der Waals surface area contributed by atoms with Gasteiger partial charge in [0.1, 0.15) is 6.04 Å². The lowest BCUT2D eigenvalue weighted by Gasteiger charge is -2.31. The highest BCUT2D eigenvalue weighted by Gasteiger charge is 2.49. The second-order valence-electron chi connectivity index (χ2n) is 8.00. The van der Waals surface area contributed by atoms with Crippen LogP contribution in [0.2, 0.25) is 0 Å². The van der Waals surface area contributed by atoms with Crippen molar-refractivity contribution in [1.82, 2.24) is 4.72 Å². The predicted molar refractivity (Wildman–Crippen MR) is 98.9 cm³/mol. The van der Waals surface area contributed by atoms with E-state index in [0.29, 0.717) is 6.42 Å². The lowest BCUT2D eigenvalue weighted by molar-refractivity contribution is -0.180. The number of carbonyl (C=O) groups excluding carboxylic acids is 1. The van der Waals surface area contributed by atoms with Crippen LogP contribution in [0.15, 0.2) is 0 Å². The Balaban J connectivity index is 5.41. The summed E-state index contributed by atoms with van der Waals surface area (Å²) < 4.78 is 59.5. The Kier molecular flexibility index (Phi) is 11.0. The van der Waals surface area contributed by atoms with Gasteiger partial charge in [-0.2, -0.15) is 13.2 Å². The van der Waals surface area contributed by atoms with Crippen molar-refractivity contribution >= 4 is 17.0 Å². The summed E-state index contributed by atoms with van der Waals surface area (Å²) in [5.74, 6) is -2.26. The molecule has 0 saturated carbocycles. The van der Waals surface area contributed by atoms with Crippen LogP contribution in [0.3, 0.4) is 0 Å². The van der Waals surface area contributed by atoms with Crippen molar-refractivity contribution in [1.29, 1.82) is 0 Å². The molecule has 0 unspecified atom stereocenters. The van der Waals surface area contributed by atoms with E-state index in [4.69, 9.17) is 4.74 Å². The van der Waals surface area contributed by atoms with Crippen molar-refractivity contribution < 1.29 is 26.9 Å². The molecule has 156 valence electrons. The van der Waals surface area contributed by atoms with Crippen LogP contribution < -0.4 is 4.72 Å². The van der Waals surface area contributed by atoms with E-state index in [-0.39, 0.29) is 18.9 Å². The summed E-state index contributed by atoms with van der Waals surface area (Å²) in [6.45, 7) is 10.4. The van der Waals surface area contributed by atoms with Crippen LogP contribution in [0.1, 0.15) is 73.6 Å². The zero-order valence-electron chi connectivity index (χ0n) is 16.7. The van der Waals surface area contributed by atoms with Crippen LogP contribution in [0.4, 0.5) is 13.2 Å². The number of hydrogen-bond donors (Lipinski definition) is 1. The van der Waals surface area contributed by atoms with E-state index in [0.717, 1.165) is 19.3 Å². The van der Waals surface area contributed by atoms with Gasteiger partial charge in [-0.05, 0) is 33.1 Å². The first kappa shape index (κ1) is 25.4. The standard InChI is InChI=1S/C18H34F3NO3S/c1-7-8-9-10-11-14(16(23)25-12-13(2)3)15(18(19,20)21)22-26(24)17(4,5)6/h13-15,22H,7-12H2,1-6H3/t14-,15-,26-/m1/s1. The van der Waals surface area contributed by atoms with Crippen LogP contribution in [-0.2, 0) is 20.5 Å². The molecule has 1 N–H and O–H groups in total. The van der Waals surface area contributed by atoms with E-state index in [9.17, 15) is 22.2 Å². The fourth-order valence-corrected chi connectivity index (χ4v) is 3.12. The summed E-state index contributed by atoms with van der Waals surface area (Å²) in [5.41, 5.74) is 0. The normalized spacial score (nSPS) is 16.4. The molecule has 0 spiro atoms. The van der Waals surface area contributed by atoms with Gasteiger partial charge >= 0.3 is 12.1 Å². The number of ether oxygens (including phenoxy) is 1. The highest BCUT2D eigenvalue weighted by molar-refractivity contribution is 7.84. The predicted octanol–water partition coefficient (Wildman–Crippen LogP) is 4.75. The molecular weight excluding hydrogens is 367 g/mol. The van der Waals surface area contributed by atoms with Gasteiger partial charge in [0.15, 0.2) is 0 Å². The van der Waals surface area contributed by atoms with Crippen molar-refractivity contribution in [3.63, 3.8) is 0 Å². The van der Waals surface area contributed by atoms with E-state index in [2.05, 4.69) is 4.72 Å². The summed E-state index contributed by atoms with van der Waals surface area (Å²) >= 11 is 0. The third-order valence-corrected chi connectivity index (χ3v) is 5.36. The average Bonchev–Trinajstić information content (AvgIpc) is 2.48. The van der Waals surface area contributed by atoms with Gasteiger partial charge in [-0.25, -0.2) is 8.93 Å². The molecule has 0 aromatic carbocycles. The highest BCUT2D eigenvalue weighted by Crippen LogP contribution is 2.31. The molecule has 0 saturated heterocycles. The Bertz CT molecular complexity index is 448. The number of halogens is 3. The van der Waals surface area contributed by atoms with Crippen LogP contribution in [0.5, 0.6) is 0 Å². The van der Waals surface area contributed by atoms with Crippen LogP contribution in [0, 0.1) is 11.8 Å². The van der Waals surface area contributed by atoms with Gasteiger partial charge in [-0.1, -0.05) is 46.5 Å². The minimum Gasteiger partial charge on any atom is -0.465 e. The molecule has 4 nitrogen and oxygen atoms in total. The Morgan fingerprint density at radius 2 is 1.69 bits per heavy atom. The fraction of sp³-hybridized carbons (Fsp3) is 0.944. The number of esters is 1. The Hall–Kier alpha value is -0.630. The third kappa shape index (κ3) is 9.90. The number of rotatable bonds is 11. The maximum Gasteiger partial charge on any atom is 0.405 e. The summed E-state index contributed by atoms with van der Waals surface area (Å²) in [5, 5.41) is 0. The SMILES string of the molecule is CCCCCC[C@@H](C(=O)OCC(C)C)[C@@H](N[S@](=O)C(C)(C)C)C(F)(F)F. The summed E-state index contributed by atoms with van der Waals surface area (Å²) in [6, 6.07) is -2.19. The lowest BCUT2D eigenvalue weighted by atomic mass is 9.93. The first-order valence-corrected chi connectivity index (χ1v) is 10.4. The van der Waals surface area contributed by atoms with Crippen molar-refractivity contribution in [3.05, 3.63) is 0 Å². The smallest absolute Gasteiger partial charge is 0.405 e. The highest BCUT2D eigenvalue weighted by atomic mass is 32.2. The second-order valence-corrected chi connectivity index (χ2v) is 10.00. The van der Waals surface area contributed by atoms with E-state index in [1.54, 1.807) is 20.8 Å². The molecule has 0 aromatic heterocycles. The minimum atomic E-state index is -4.70. The zero-order valence-corrected chi connectivity index (χ0v) is 17.6. The molecule has 3 atom stereocenters. The van der Waals surface area contributed by atoms with Crippen molar-refractivity contribution in [2.24, 2.45) is 11.8 Å². The second kappa shape index (κ2) is 11.3. The largest absolute Gasteiger partial charge is 0.465 e. The first-order valence-electron chi connectivity index (χ1n) is 9.22. The van der Waals surface area contributed by atoms with Gasteiger partial charge in [0.2, 0.25) is 0 Å². The van der Waals surface area contributed by atoms with Gasteiger partial charge in [0.25, 0.3) is 0 Å². The Morgan fingerprint density at radius 3 is 2.12 bits per heavy atom. The molecule has 0 aromatic rings. The minimum absolute atomic E-state index is 0.0284. The molecule has 0 bridgehead atoms. The number of unbranched alkanes of at least 4 members (excludes halogenated alkanes) is 3. The van der Waals surface area contributed by atoms with Crippen LogP contribution in [-0.4, -0.2) is 33.8 Å². The summed E-state index contributed by atoms with van der Waals surface area (Å²) in [7, 11) is -1.95. The molecule has 0 heterocycles. The molecule has 0 aliphatic heterocycles. The van der Waals surface area contributed by atoms with Gasteiger partial charge in [0.05, 0.1) is 28.3 Å². The van der Waals surface area contributed by atoms with E-state index < -0.39 is 39.8 Å². The molecule has 0 rings (SSSR count). The molecular formula is C18H34F3NO3S. The topological polar surface area (TPSA) is 55.4 Å². The molecule has 0 amide bonds. The maximum absolute atomic E-state index is 13.6. The van der Waals surface area contributed by atoms with E-state index >= 15 is 0 Å². The van der Waals surface area contributed by atoms with E-state index in [1.807, 2.05) is 20.8 Å². The lowest BCUT2D eigenvalue weighted by Crippen LogP contribution is -2.53. The van der Waals surface area contributed by atoms with Crippen LogP contribution >= 0.6 is 0 Å². The van der Waals surface area contributed by atoms with Gasteiger partial charge in [-0.3, -0.25) is 4.79 Å². The van der Waals surface area contributed by atoms with E-state index in [1.165, 1.54) is 0 Å². The zero-order chi connectivity index (χ0) is 20.5. The van der Waals surface area contributed by atoms with Gasteiger partial charge in [-0.15, -0.1) is 0 Å². The number of carbonyl (C=O) groups is 1. The van der Waals surface area contributed by atoms with Crippen molar-refractivity contribution in [3.8, 4) is 0 Å².